The molecule has 0 fully saturated rings. The van der Waals surface area contributed by atoms with Crippen LogP contribution in [0.3, 0.4) is 0 Å². The lowest BCUT2D eigenvalue weighted by atomic mass is 10.1. The summed E-state index contributed by atoms with van der Waals surface area (Å²) in [5, 5.41) is 6.75. The van der Waals surface area contributed by atoms with Gasteiger partial charge in [-0.1, -0.05) is 42.5 Å². The second-order valence-corrected chi connectivity index (χ2v) is 6.73. The van der Waals surface area contributed by atoms with E-state index in [0.29, 0.717) is 6.54 Å². The highest BCUT2D eigenvalue weighted by Crippen LogP contribution is 2.19. The Morgan fingerprint density at radius 3 is 2.62 bits per heavy atom. The van der Waals surface area contributed by atoms with Crippen molar-refractivity contribution >= 4 is 35.6 Å². The van der Waals surface area contributed by atoms with Crippen LogP contribution in [-0.2, 0) is 13.0 Å². The fourth-order valence-corrected chi connectivity index (χ4v) is 3.28. The third-order valence-electron chi connectivity index (χ3n) is 4.74. The molecule has 0 amide bonds. The number of para-hydroxylation sites is 1. The summed E-state index contributed by atoms with van der Waals surface area (Å²) in [5.74, 6) is 1.77. The van der Waals surface area contributed by atoms with Crippen LogP contribution in [0.2, 0.25) is 0 Å². The van der Waals surface area contributed by atoms with Crippen molar-refractivity contribution in [2.75, 3.05) is 38.2 Å². The predicted octanol–water partition coefficient (Wildman–Crippen LogP) is 3.99. The van der Waals surface area contributed by atoms with Crippen LogP contribution in [0.25, 0.3) is 0 Å². The summed E-state index contributed by atoms with van der Waals surface area (Å²) in [5.41, 5.74) is 3.67. The molecule has 29 heavy (non-hydrogen) atoms. The molecule has 0 saturated heterocycles. The Morgan fingerprint density at radius 1 is 1.07 bits per heavy atom. The van der Waals surface area contributed by atoms with Crippen LogP contribution in [0.15, 0.2) is 65.7 Å². The van der Waals surface area contributed by atoms with E-state index in [1.54, 1.807) is 7.11 Å². The Labute approximate surface area is 191 Å². The van der Waals surface area contributed by atoms with Gasteiger partial charge in [-0.25, -0.2) is 4.99 Å². The molecule has 1 heterocycles. The average Bonchev–Trinajstić information content (AvgIpc) is 3.27. The molecule has 2 aromatic rings. The van der Waals surface area contributed by atoms with Crippen LogP contribution in [0.4, 0.5) is 5.69 Å². The van der Waals surface area contributed by atoms with Crippen LogP contribution >= 0.6 is 24.0 Å². The number of aliphatic imine (C=N–C) groups is 1. The molecule has 0 spiro atoms. The number of benzene rings is 2. The van der Waals surface area contributed by atoms with E-state index < -0.39 is 0 Å². The van der Waals surface area contributed by atoms with Crippen LogP contribution in [0, 0.1) is 0 Å². The van der Waals surface area contributed by atoms with Crippen LogP contribution < -0.4 is 20.3 Å². The first kappa shape index (κ1) is 23.1. The summed E-state index contributed by atoms with van der Waals surface area (Å²) in [4.78, 5) is 7.11. The van der Waals surface area contributed by atoms with Crippen molar-refractivity contribution < 1.29 is 4.74 Å². The topological polar surface area (TPSA) is 48.9 Å². The zero-order valence-electron chi connectivity index (χ0n) is 17.2. The minimum Gasteiger partial charge on any atom is -0.496 e. The SMILES string of the molecule is CCNC(=NCc1cccc(N2CC=CC2)c1)NCCc1ccccc1OC.I. The number of hydrogen-bond acceptors (Lipinski definition) is 3. The van der Waals surface area contributed by atoms with Gasteiger partial charge in [0.2, 0.25) is 0 Å². The summed E-state index contributed by atoms with van der Waals surface area (Å²) in [6.45, 7) is 6.34. The molecule has 0 bridgehead atoms. The quantitative estimate of drug-likeness (QED) is 0.246. The minimum atomic E-state index is 0. The largest absolute Gasteiger partial charge is 0.496 e. The molecule has 1 aliphatic rings. The van der Waals surface area contributed by atoms with Gasteiger partial charge < -0.3 is 20.3 Å². The monoisotopic (exact) mass is 506 g/mol. The number of halogens is 1. The van der Waals surface area contributed by atoms with Gasteiger partial charge in [0.1, 0.15) is 5.75 Å². The lowest BCUT2D eigenvalue weighted by Gasteiger charge is -2.18. The van der Waals surface area contributed by atoms with Crippen molar-refractivity contribution in [2.24, 2.45) is 4.99 Å². The van der Waals surface area contributed by atoms with Crippen LogP contribution in [-0.4, -0.2) is 39.2 Å². The molecule has 1 aliphatic heterocycles. The number of ether oxygens (including phenoxy) is 1. The number of guanidine groups is 1. The molecule has 156 valence electrons. The Balaban J connectivity index is 0.00000300. The first-order valence-corrected chi connectivity index (χ1v) is 9.93. The number of methoxy groups -OCH3 is 1. The molecule has 0 aromatic heterocycles. The van der Waals surface area contributed by atoms with Gasteiger partial charge in [0.05, 0.1) is 13.7 Å². The van der Waals surface area contributed by atoms with Crippen molar-refractivity contribution in [3.63, 3.8) is 0 Å². The van der Waals surface area contributed by atoms with E-state index in [2.05, 4.69) is 64.9 Å². The number of anilines is 1. The minimum absolute atomic E-state index is 0. The summed E-state index contributed by atoms with van der Waals surface area (Å²) >= 11 is 0. The summed E-state index contributed by atoms with van der Waals surface area (Å²) in [7, 11) is 1.71. The molecule has 0 radical (unpaired) electrons. The third-order valence-corrected chi connectivity index (χ3v) is 4.74. The van der Waals surface area contributed by atoms with E-state index in [-0.39, 0.29) is 24.0 Å². The zero-order valence-corrected chi connectivity index (χ0v) is 19.6. The maximum Gasteiger partial charge on any atom is 0.191 e. The normalized spacial score (nSPS) is 13.2. The number of nitrogens with zero attached hydrogens (tertiary/aromatic N) is 2. The van der Waals surface area contributed by atoms with Crippen molar-refractivity contribution in [2.45, 2.75) is 19.9 Å². The molecular weight excluding hydrogens is 475 g/mol. The number of rotatable bonds is 8. The molecule has 2 N–H and O–H groups in total. The molecule has 6 heteroatoms. The van der Waals surface area contributed by atoms with Gasteiger partial charge in [-0.2, -0.15) is 0 Å². The van der Waals surface area contributed by atoms with Gasteiger partial charge in [-0.05, 0) is 42.7 Å². The van der Waals surface area contributed by atoms with E-state index in [1.807, 2.05) is 18.2 Å². The second kappa shape index (κ2) is 12.4. The zero-order chi connectivity index (χ0) is 19.6. The van der Waals surface area contributed by atoms with Crippen molar-refractivity contribution in [3.05, 3.63) is 71.8 Å². The van der Waals surface area contributed by atoms with Crippen molar-refractivity contribution in [3.8, 4) is 5.75 Å². The standard InChI is InChI=1S/C23H30N4O.HI/c1-3-24-23(25-14-13-20-10-4-5-12-22(20)28-2)26-18-19-9-8-11-21(17-19)27-15-6-7-16-27;/h4-12,17H,3,13-16,18H2,1-2H3,(H2,24,25,26);1H. The van der Waals surface area contributed by atoms with E-state index in [9.17, 15) is 0 Å². The van der Waals surface area contributed by atoms with E-state index >= 15 is 0 Å². The van der Waals surface area contributed by atoms with Gasteiger partial charge >= 0.3 is 0 Å². The molecule has 0 aliphatic carbocycles. The molecule has 0 atom stereocenters. The van der Waals surface area contributed by atoms with Gasteiger partial charge in [0.25, 0.3) is 0 Å². The van der Waals surface area contributed by atoms with E-state index in [4.69, 9.17) is 9.73 Å². The maximum absolute atomic E-state index is 5.43. The molecule has 0 saturated carbocycles. The Morgan fingerprint density at radius 2 is 1.86 bits per heavy atom. The molecule has 2 aromatic carbocycles. The van der Waals surface area contributed by atoms with E-state index in [0.717, 1.165) is 44.3 Å². The Bertz CT molecular complexity index is 814. The smallest absolute Gasteiger partial charge is 0.191 e. The first-order valence-electron chi connectivity index (χ1n) is 9.93. The van der Waals surface area contributed by atoms with Crippen molar-refractivity contribution in [1.29, 1.82) is 0 Å². The number of nitrogens with one attached hydrogen (secondary N) is 2. The molecule has 5 nitrogen and oxygen atoms in total. The van der Waals surface area contributed by atoms with Gasteiger partial charge in [0.15, 0.2) is 5.96 Å². The van der Waals surface area contributed by atoms with Gasteiger partial charge in [0, 0.05) is 31.9 Å². The highest BCUT2D eigenvalue weighted by atomic mass is 127. The summed E-state index contributed by atoms with van der Waals surface area (Å²) < 4.78 is 5.43. The lowest BCUT2D eigenvalue weighted by Crippen LogP contribution is -2.38. The summed E-state index contributed by atoms with van der Waals surface area (Å²) in [6, 6.07) is 16.8. The average molecular weight is 506 g/mol. The van der Waals surface area contributed by atoms with E-state index in [1.165, 1.54) is 16.8 Å². The lowest BCUT2D eigenvalue weighted by molar-refractivity contribution is 0.409. The van der Waals surface area contributed by atoms with Gasteiger partial charge in [-0.3, -0.25) is 0 Å². The van der Waals surface area contributed by atoms with Crippen LogP contribution in [0.1, 0.15) is 18.1 Å². The fourth-order valence-electron chi connectivity index (χ4n) is 3.28. The van der Waals surface area contributed by atoms with Gasteiger partial charge in [-0.15, -0.1) is 24.0 Å². The summed E-state index contributed by atoms with van der Waals surface area (Å²) in [6.07, 6.45) is 5.30. The van der Waals surface area contributed by atoms with Crippen molar-refractivity contribution in [1.82, 2.24) is 10.6 Å². The Hall–Kier alpha value is -2.22. The maximum atomic E-state index is 5.43. The third kappa shape index (κ3) is 6.96. The first-order chi connectivity index (χ1) is 13.8. The molecule has 3 rings (SSSR count). The molecule has 0 unspecified atom stereocenters. The number of hydrogen-bond donors (Lipinski definition) is 2. The van der Waals surface area contributed by atoms with Crippen LogP contribution in [0.5, 0.6) is 5.75 Å². The fraction of sp³-hybridized carbons (Fsp3) is 0.348. The molecular formula is C23H31IN4O. The highest BCUT2D eigenvalue weighted by molar-refractivity contribution is 14.0. The Kier molecular flexibility index (Phi) is 9.83. The predicted molar refractivity (Wildman–Crippen MR) is 133 cm³/mol. The second-order valence-electron chi connectivity index (χ2n) is 6.73. The highest BCUT2D eigenvalue weighted by Gasteiger charge is 2.08.